The summed E-state index contributed by atoms with van der Waals surface area (Å²) >= 11 is 0. The van der Waals surface area contributed by atoms with E-state index >= 15 is 0 Å². The molecule has 0 aromatic heterocycles. The van der Waals surface area contributed by atoms with Crippen LogP contribution in [0.1, 0.15) is 0 Å². The van der Waals surface area contributed by atoms with Gasteiger partial charge in [0.2, 0.25) is 0 Å². The summed E-state index contributed by atoms with van der Waals surface area (Å²) in [7, 11) is 0. The molecule has 8 aromatic carbocycles. The molecular formula is C46H33N. The van der Waals surface area contributed by atoms with E-state index in [1.165, 1.54) is 55.3 Å². The van der Waals surface area contributed by atoms with Crippen LogP contribution in [0, 0.1) is 0 Å². The summed E-state index contributed by atoms with van der Waals surface area (Å²) in [6, 6.07) is 71.8. The van der Waals surface area contributed by atoms with Gasteiger partial charge in [-0.3, -0.25) is 0 Å². The number of benzene rings is 8. The molecule has 0 heterocycles. The minimum atomic E-state index is 1.10. The fourth-order valence-electron chi connectivity index (χ4n) is 6.59. The zero-order valence-corrected chi connectivity index (χ0v) is 26.0. The smallest absolute Gasteiger partial charge is 0.0467 e. The first kappa shape index (κ1) is 28.3. The van der Waals surface area contributed by atoms with Crippen LogP contribution in [-0.4, -0.2) is 0 Å². The fourth-order valence-corrected chi connectivity index (χ4v) is 6.59. The molecule has 0 aliphatic carbocycles. The standard InChI is InChI=1S/C46H33N/c1-3-14-34(15-4-1)35-28-30-40(31-29-35)47(42-23-12-21-39(33-42)46-27-13-19-37-18-7-8-24-44(37)46)41-22-11-20-38(32-41)45-26-10-9-25-43(45)36-16-5-2-6-17-36/h1-33H. The Kier molecular flexibility index (Phi) is 7.63. The number of anilines is 3. The summed E-state index contributed by atoms with van der Waals surface area (Å²) in [6.45, 7) is 0. The highest BCUT2D eigenvalue weighted by molar-refractivity contribution is 5.97. The Hall–Kier alpha value is -6.18. The highest BCUT2D eigenvalue weighted by Gasteiger charge is 2.16. The second-order valence-corrected chi connectivity index (χ2v) is 11.8. The van der Waals surface area contributed by atoms with Crippen molar-refractivity contribution in [2.75, 3.05) is 4.90 Å². The van der Waals surface area contributed by atoms with Crippen LogP contribution in [0.25, 0.3) is 55.3 Å². The van der Waals surface area contributed by atoms with Gasteiger partial charge in [-0.15, -0.1) is 0 Å². The van der Waals surface area contributed by atoms with Gasteiger partial charge in [0.1, 0.15) is 0 Å². The molecule has 1 nitrogen and oxygen atoms in total. The molecule has 8 rings (SSSR count). The van der Waals surface area contributed by atoms with Crippen molar-refractivity contribution < 1.29 is 0 Å². The molecule has 0 aliphatic heterocycles. The lowest BCUT2D eigenvalue weighted by atomic mass is 9.94. The van der Waals surface area contributed by atoms with Gasteiger partial charge in [-0.05, 0) is 91.7 Å². The van der Waals surface area contributed by atoms with Gasteiger partial charge < -0.3 is 4.90 Å². The van der Waals surface area contributed by atoms with E-state index in [1.807, 2.05) is 0 Å². The Bertz CT molecular complexity index is 2280. The van der Waals surface area contributed by atoms with Gasteiger partial charge in [0.15, 0.2) is 0 Å². The molecule has 0 bridgehead atoms. The van der Waals surface area contributed by atoms with Crippen molar-refractivity contribution >= 4 is 27.8 Å². The van der Waals surface area contributed by atoms with E-state index in [4.69, 9.17) is 0 Å². The lowest BCUT2D eigenvalue weighted by Crippen LogP contribution is -2.10. The van der Waals surface area contributed by atoms with Crippen molar-refractivity contribution in [3.8, 4) is 44.5 Å². The van der Waals surface area contributed by atoms with Gasteiger partial charge in [-0.2, -0.15) is 0 Å². The number of hydrogen-bond donors (Lipinski definition) is 0. The molecule has 0 atom stereocenters. The highest BCUT2D eigenvalue weighted by Crippen LogP contribution is 2.41. The van der Waals surface area contributed by atoms with Gasteiger partial charge in [0.25, 0.3) is 0 Å². The molecule has 0 saturated heterocycles. The van der Waals surface area contributed by atoms with Crippen LogP contribution >= 0.6 is 0 Å². The SMILES string of the molecule is c1ccc(-c2ccc(N(c3cccc(-c4ccccc4-c4ccccc4)c3)c3cccc(-c4cccc5ccccc45)c3)cc2)cc1. The molecule has 0 N–H and O–H groups in total. The van der Waals surface area contributed by atoms with E-state index < -0.39 is 0 Å². The minimum Gasteiger partial charge on any atom is -0.310 e. The average molecular weight is 600 g/mol. The lowest BCUT2D eigenvalue weighted by molar-refractivity contribution is 1.28. The van der Waals surface area contributed by atoms with Crippen LogP contribution in [0.5, 0.6) is 0 Å². The van der Waals surface area contributed by atoms with E-state index in [1.54, 1.807) is 0 Å². The largest absolute Gasteiger partial charge is 0.310 e. The maximum absolute atomic E-state index is 2.37. The van der Waals surface area contributed by atoms with Crippen molar-refractivity contribution in [1.29, 1.82) is 0 Å². The first-order valence-corrected chi connectivity index (χ1v) is 16.1. The summed E-state index contributed by atoms with van der Waals surface area (Å²) in [5.74, 6) is 0. The predicted octanol–water partition coefficient (Wildman–Crippen LogP) is 13.0. The molecule has 47 heavy (non-hydrogen) atoms. The molecule has 222 valence electrons. The first-order chi connectivity index (χ1) is 23.3. The van der Waals surface area contributed by atoms with Crippen LogP contribution in [0.15, 0.2) is 200 Å². The first-order valence-electron chi connectivity index (χ1n) is 16.1. The lowest BCUT2D eigenvalue weighted by Gasteiger charge is -2.27. The zero-order chi connectivity index (χ0) is 31.4. The normalized spacial score (nSPS) is 11.0. The molecule has 0 radical (unpaired) electrons. The number of nitrogens with zero attached hydrogens (tertiary/aromatic N) is 1. The maximum Gasteiger partial charge on any atom is 0.0467 e. The Morgan fingerprint density at radius 3 is 1.38 bits per heavy atom. The van der Waals surface area contributed by atoms with Crippen LogP contribution in [0.2, 0.25) is 0 Å². The third-order valence-corrected chi connectivity index (χ3v) is 8.86. The summed E-state index contributed by atoms with van der Waals surface area (Å²) in [6.07, 6.45) is 0. The number of hydrogen-bond acceptors (Lipinski definition) is 1. The number of rotatable bonds is 7. The Morgan fingerprint density at radius 1 is 0.255 bits per heavy atom. The maximum atomic E-state index is 2.37. The topological polar surface area (TPSA) is 3.24 Å². The van der Waals surface area contributed by atoms with Crippen molar-refractivity contribution in [2.24, 2.45) is 0 Å². The summed E-state index contributed by atoms with van der Waals surface area (Å²) < 4.78 is 0. The van der Waals surface area contributed by atoms with Crippen LogP contribution in [-0.2, 0) is 0 Å². The van der Waals surface area contributed by atoms with Crippen molar-refractivity contribution in [3.05, 3.63) is 200 Å². The molecule has 8 aromatic rings. The Balaban J connectivity index is 1.27. The van der Waals surface area contributed by atoms with Crippen LogP contribution < -0.4 is 4.90 Å². The summed E-state index contributed by atoms with van der Waals surface area (Å²) in [4.78, 5) is 2.37. The van der Waals surface area contributed by atoms with E-state index in [0.717, 1.165) is 17.1 Å². The average Bonchev–Trinajstić information content (AvgIpc) is 3.16. The Labute approximate surface area is 276 Å². The Morgan fingerprint density at radius 2 is 0.702 bits per heavy atom. The summed E-state index contributed by atoms with van der Waals surface area (Å²) in [5.41, 5.74) is 13.0. The van der Waals surface area contributed by atoms with Crippen molar-refractivity contribution in [2.45, 2.75) is 0 Å². The summed E-state index contributed by atoms with van der Waals surface area (Å²) in [5, 5.41) is 2.50. The van der Waals surface area contributed by atoms with Gasteiger partial charge in [0.05, 0.1) is 0 Å². The van der Waals surface area contributed by atoms with E-state index in [9.17, 15) is 0 Å². The van der Waals surface area contributed by atoms with E-state index in [-0.39, 0.29) is 0 Å². The van der Waals surface area contributed by atoms with Crippen LogP contribution in [0.4, 0.5) is 17.1 Å². The van der Waals surface area contributed by atoms with Gasteiger partial charge in [0, 0.05) is 17.1 Å². The minimum absolute atomic E-state index is 1.10. The van der Waals surface area contributed by atoms with E-state index in [2.05, 4.69) is 205 Å². The molecule has 1 heteroatoms. The molecule has 0 aliphatic rings. The molecular weight excluding hydrogens is 567 g/mol. The fraction of sp³-hybridized carbons (Fsp3) is 0. The second kappa shape index (κ2) is 12.7. The molecule has 0 saturated carbocycles. The van der Waals surface area contributed by atoms with Gasteiger partial charge >= 0.3 is 0 Å². The zero-order valence-electron chi connectivity index (χ0n) is 26.0. The molecule has 0 spiro atoms. The third-order valence-electron chi connectivity index (χ3n) is 8.86. The predicted molar refractivity (Wildman–Crippen MR) is 200 cm³/mol. The van der Waals surface area contributed by atoms with Crippen LogP contribution in [0.3, 0.4) is 0 Å². The highest BCUT2D eigenvalue weighted by atomic mass is 15.1. The van der Waals surface area contributed by atoms with Crippen molar-refractivity contribution in [1.82, 2.24) is 0 Å². The third kappa shape index (κ3) is 5.72. The second-order valence-electron chi connectivity index (χ2n) is 11.8. The van der Waals surface area contributed by atoms with Gasteiger partial charge in [-0.1, -0.05) is 164 Å². The number of fused-ring (bicyclic) bond motifs is 1. The van der Waals surface area contributed by atoms with Crippen molar-refractivity contribution in [3.63, 3.8) is 0 Å². The van der Waals surface area contributed by atoms with E-state index in [0.29, 0.717) is 0 Å². The molecule has 0 unspecified atom stereocenters. The molecule has 0 amide bonds. The molecule has 0 fully saturated rings. The quantitative estimate of drug-likeness (QED) is 0.176. The van der Waals surface area contributed by atoms with Gasteiger partial charge in [-0.25, -0.2) is 0 Å². The monoisotopic (exact) mass is 599 g/mol.